The van der Waals surface area contributed by atoms with Gasteiger partial charge in [-0.3, -0.25) is 4.68 Å². The van der Waals surface area contributed by atoms with Crippen molar-refractivity contribution in [3.8, 4) is 0 Å². The topological polar surface area (TPSA) is 110 Å². The molecule has 0 amide bonds. The standard InChI is InChI=1S/C9H10N8/c1-17-3-5(2-13-17)14-9-15-7(10)6-8(16-9)12-4-11-6/h2-4H,1H3,(H4,10,11,12,14,15,16). The van der Waals surface area contributed by atoms with E-state index in [9.17, 15) is 0 Å². The number of imidazole rings is 1. The van der Waals surface area contributed by atoms with Gasteiger partial charge in [0.15, 0.2) is 11.5 Å². The molecule has 3 aromatic heterocycles. The van der Waals surface area contributed by atoms with Crippen molar-refractivity contribution < 1.29 is 0 Å². The molecule has 0 atom stereocenters. The summed E-state index contributed by atoms with van der Waals surface area (Å²) < 4.78 is 1.68. The first-order valence-corrected chi connectivity index (χ1v) is 4.94. The number of nitrogens with one attached hydrogen (secondary N) is 2. The molecule has 0 aromatic carbocycles. The Bertz CT molecular complexity index is 666. The van der Waals surface area contributed by atoms with E-state index in [1.165, 1.54) is 6.33 Å². The lowest BCUT2D eigenvalue weighted by Crippen LogP contribution is -2.01. The van der Waals surface area contributed by atoms with Crippen LogP contribution in [0.3, 0.4) is 0 Å². The fraction of sp³-hybridized carbons (Fsp3) is 0.111. The molecule has 0 fully saturated rings. The van der Waals surface area contributed by atoms with Crippen molar-refractivity contribution in [2.75, 3.05) is 11.1 Å². The van der Waals surface area contributed by atoms with Crippen molar-refractivity contribution >= 4 is 28.6 Å². The molecule has 0 saturated carbocycles. The third-order valence-corrected chi connectivity index (χ3v) is 2.27. The monoisotopic (exact) mass is 230 g/mol. The summed E-state index contributed by atoms with van der Waals surface area (Å²) in [6.07, 6.45) is 5.02. The molecule has 0 saturated heterocycles. The van der Waals surface area contributed by atoms with Crippen LogP contribution in [0.2, 0.25) is 0 Å². The molecular formula is C9H10N8. The Morgan fingerprint density at radius 1 is 1.41 bits per heavy atom. The maximum Gasteiger partial charge on any atom is 0.231 e. The number of H-pyrrole nitrogens is 1. The quantitative estimate of drug-likeness (QED) is 0.588. The summed E-state index contributed by atoms with van der Waals surface area (Å²) in [5.41, 5.74) is 7.74. The van der Waals surface area contributed by atoms with E-state index in [1.54, 1.807) is 10.9 Å². The number of aromatic nitrogens is 6. The first kappa shape index (κ1) is 9.58. The van der Waals surface area contributed by atoms with Gasteiger partial charge in [-0.1, -0.05) is 0 Å². The largest absolute Gasteiger partial charge is 0.382 e. The van der Waals surface area contributed by atoms with Gasteiger partial charge >= 0.3 is 0 Å². The predicted molar refractivity (Wildman–Crippen MR) is 62.6 cm³/mol. The summed E-state index contributed by atoms with van der Waals surface area (Å²) in [5.74, 6) is 0.758. The van der Waals surface area contributed by atoms with Crippen molar-refractivity contribution in [3.05, 3.63) is 18.7 Å². The number of fused-ring (bicyclic) bond motifs is 1. The summed E-state index contributed by atoms with van der Waals surface area (Å²) in [6, 6.07) is 0. The van der Waals surface area contributed by atoms with E-state index in [-0.39, 0.29) is 0 Å². The van der Waals surface area contributed by atoms with E-state index in [4.69, 9.17) is 5.73 Å². The molecule has 3 aromatic rings. The van der Waals surface area contributed by atoms with Crippen LogP contribution in [0.4, 0.5) is 17.5 Å². The molecule has 3 heterocycles. The van der Waals surface area contributed by atoms with Gasteiger partial charge in [-0.15, -0.1) is 0 Å². The second-order valence-corrected chi connectivity index (χ2v) is 3.56. The summed E-state index contributed by atoms with van der Waals surface area (Å²) >= 11 is 0. The normalized spacial score (nSPS) is 10.9. The van der Waals surface area contributed by atoms with E-state index in [1.807, 2.05) is 13.2 Å². The maximum absolute atomic E-state index is 5.78. The summed E-state index contributed by atoms with van der Waals surface area (Å²) in [7, 11) is 1.83. The van der Waals surface area contributed by atoms with Gasteiger partial charge in [0.1, 0.15) is 5.52 Å². The Morgan fingerprint density at radius 2 is 2.29 bits per heavy atom. The molecule has 86 valence electrons. The molecule has 0 bridgehead atoms. The van der Waals surface area contributed by atoms with Crippen LogP contribution in [-0.2, 0) is 7.05 Å². The van der Waals surface area contributed by atoms with Crippen LogP contribution in [0.1, 0.15) is 0 Å². The average Bonchev–Trinajstić information content (AvgIpc) is 2.87. The SMILES string of the molecule is Cn1cc(Nc2nc(N)c3[nH]cnc3n2)cn1. The zero-order valence-electron chi connectivity index (χ0n) is 9.05. The number of aryl methyl sites for hydroxylation is 1. The molecule has 0 aliphatic heterocycles. The maximum atomic E-state index is 5.78. The molecule has 17 heavy (non-hydrogen) atoms. The second kappa shape index (κ2) is 3.44. The fourth-order valence-electron chi connectivity index (χ4n) is 1.53. The molecule has 8 nitrogen and oxygen atoms in total. The van der Waals surface area contributed by atoms with Crippen LogP contribution in [-0.4, -0.2) is 29.7 Å². The van der Waals surface area contributed by atoms with Crippen LogP contribution in [0.15, 0.2) is 18.7 Å². The van der Waals surface area contributed by atoms with Gasteiger partial charge in [0.25, 0.3) is 0 Å². The third-order valence-electron chi connectivity index (χ3n) is 2.27. The minimum Gasteiger partial charge on any atom is -0.382 e. The predicted octanol–water partition coefficient (Wildman–Crippen LogP) is 0.412. The molecule has 0 aliphatic carbocycles. The Morgan fingerprint density at radius 3 is 3.06 bits per heavy atom. The molecule has 0 unspecified atom stereocenters. The fourth-order valence-corrected chi connectivity index (χ4v) is 1.53. The van der Waals surface area contributed by atoms with Gasteiger partial charge in [0.05, 0.1) is 18.2 Å². The number of aromatic amines is 1. The number of nitrogens with two attached hydrogens (primary N) is 1. The van der Waals surface area contributed by atoms with Crippen molar-refractivity contribution in [3.63, 3.8) is 0 Å². The number of nitrogens with zero attached hydrogens (tertiary/aromatic N) is 5. The van der Waals surface area contributed by atoms with Crippen LogP contribution >= 0.6 is 0 Å². The minimum atomic E-state index is 0.360. The van der Waals surface area contributed by atoms with E-state index in [0.717, 1.165) is 5.69 Å². The number of hydrogen-bond acceptors (Lipinski definition) is 6. The average molecular weight is 230 g/mol. The summed E-state index contributed by atoms with van der Waals surface area (Å²) in [5, 5.41) is 7.04. The van der Waals surface area contributed by atoms with Crippen molar-refractivity contribution in [1.29, 1.82) is 0 Å². The molecule has 0 spiro atoms. The van der Waals surface area contributed by atoms with Crippen molar-refractivity contribution in [2.24, 2.45) is 7.05 Å². The summed E-state index contributed by atoms with van der Waals surface area (Å²) in [6.45, 7) is 0. The van der Waals surface area contributed by atoms with E-state index < -0.39 is 0 Å². The Hall–Kier alpha value is -2.64. The Balaban J connectivity index is 2.00. The van der Waals surface area contributed by atoms with E-state index >= 15 is 0 Å². The van der Waals surface area contributed by atoms with Crippen LogP contribution in [0, 0.1) is 0 Å². The molecular weight excluding hydrogens is 220 g/mol. The highest BCUT2D eigenvalue weighted by molar-refractivity contribution is 5.82. The number of nitrogen functional groups attached to an aromatic ring is 1. The molecule has 0 radical (unpaired) electrons. The lowest BCUT2D eigenvalue weighted by molar-refractivity contribution is 0.768. The number of anilines is 3. The minimum absolute atomic E-state index is 0.360. The number of hydrogen-bond donors (Lipinski definition) is 3. The van der Waals surface area contributed by atoms with Gasteiger partial charge in [-0.2, -0.15) is 15.1 Å². The first-order valence-electron chi connectivity index (χ1n) is 4.94. The van der Waals surface area contributed by atoms with Crippen LogP contribution in [0.25, 0.3) is 11.2 Å². The van der Waals surface area contributed by atoms with Gasteiger partial charge in [0.2, 0.25) is 5.95 Å². The summed E-state index contributed by atoms with van der Waals surface area (Å²) in [4.78, 5) is 15.3. The second-order valence-electron chi connectivity index (χ2n) is 3.56. The molecule has 3 rings (SSSR count). The Labute approximate surface area is 95.9 Å². The van der Waals surface area contributed by atoms with Gasteiger partial charge in [-0.25, -0.2) is 4.98 Å². The number of rotatable bonds is 2. The highest BCUT2D eigenvalue weighted by Gasteiger charge is 2.07. The lowest BCUT2D eigenvalue weighted by Gasteiger charge is -2.02. The lowest BCUT2D eigenvalue weighted by atomic mass is 10.5. The zero-order chi connectivity index (χ0) is 11.8. The van der Waals surface area contributed by atoms with Crippen LogP contribution < -0.4 is 11.1 Å². The van der Waals surface area contributed by atoms with Gasteiger partial charge < -0.3 is 16.0 Å². The molecule has 0 aliphatic rings. The van der Waals surface area contributed by atoms with Gasteiger partial charge in [0, 0.05) is 13.2 Å². The molecule has 8 heteroatoms. The third kappa shape index (κ3) is 1.65. The zero-order valence-corrected chi connectivity index (χ0v) is 9.05. The smallest absolute Gasteiger partial charge is 0.231 e. The van der Waals surface area contributed by atoms with Crippen LogP contribution in [0.5, 0.6) is 0 Å². The highest BCUT2D eigenvalue weighted by atomic mass is 15.3. The highest BCUT2D eigenvalue weighted by Crippen LogP contribution is 2.17. The van der Waals surface area contributed by atoms with E-state index in [0.29, 0.717) is 22.9 Å². The van der Waals surface area contributed by atoms with Crippen molar-refractivity contribution in [2.45, 2.75) is 0 Å². The van der Waals surface area contributed by atoms with Gasteiger partial charge in [-0.05, 0) is 0 Å². The van der Waals surface area contributed by atoms with E-state index in [2.05, 4.69) is 30.4 Å². The van der Waals surface area contributed by atoms with Crippen molar-refractivity contribution in [1.82, 2.24) is 29.7 Å². The first-order chi connectivity index (χ1) is 8.22. The molecule has 4 N–H and O–H groups in total. The Kier molecular flexibility index (Phi) is 1.94.